The van der Waals surface area contributed by atoms with E-state index in [-0.39, 0.29) is 5.91 Å². The zero-order valence-corrected chi connectivity index (χ0v) is 13.8. The minimum atomic E-state index is 0.0716. The van der Waals surface area contributed by atoms with E-state index in [2.05, 4.69) is 31.9 Å². The first-order valence-corrected chi connectivity index (χ1v) is 8.24. The van der Waals surface area contributed by atoms with Gasteiger partial charge in [0.15, 0.2) is 0 Å². The Morgan fingerprint density at radius 3 is 2.61 bits per heavy atom. The first-order chi connectivity index (χ1) is 8.61. The molecule has 0 saturated heterocycles. The summed E-state index contributed by atoms with van der Waals surface area (Å²) in [7, 11) is 0. The van der Waals surface area contributed by atoms with Gasteiger partial charge >= 0.3 is 0 Å². The Kier molecular flexibility index (Phi) is 5.10. The zero-order chi connectivity index (χ0) is 13.1. The number of amides is 1. The molecule has 0 aliphatic heterocycles. The lowest BCUT2D eigenvalue weighted by Gasteiger charge is -2.37. The van der Waals surface area contributed by atoms with E-state index in [1.165, 1.54) is 6.42 Å². The molecule has 2 rings (SSSR count). The molecule has 0 bridgehead atoms. The molecule has 0 heterocycles. The van der Waals surface area contributed by atoms with Crippen LogP contribution >= 0.6 is 43.5 Å². The smallest absolute Gasteiger partial charge is 0.254 e. The van der Waals surface area contributed by atoms with E-state index in [0.717, 1.165) is 29.2 Å². The Morgan fingerprint density at radius 1 is 1.39 bits per heavy atom. The highest BCUT2D eigenvalue weighted by atomic mass is 79.9. The Labute approximate surface area is 129 Å². The molecule has 0 aromatic heterocycles. The Bertz CT molecular complexity index is 428. The summed E-state index contributed by atoms with van der Waals surface area (Å²) in [5.41, 5.74) is 0.655. The molecule has 5 heteroatoms. The van der Waals surface area contributed by atoms with Gasteiger partial charge < -0.3 is 4.90 Å². The van der Waals surface area contributed by atoms with Gasteiger partial charge in [-0.1, -0.05) is 43.5 Å². The predicted octanol–water partition coefficient (Wildman–Crippen LogP) is 4.49. The first kappa shape index (κ1) is 14.4. The number of nitrogens with zero attached hydrogens (tertiary/aromatic N) is 1. The van der Waals surface area contributed by atoms with E-state index in [9.17, 15) is 4.79 Å². The van der Waals surface area contributed by atoms with Crippen LogP contribution in [0.3, 0.4) is 0 Å². The molecule has 1 saturated carbocycles. The van der Waals surface area contributed by atoms with Crippen molar-refractivity contribution >= 4 is 49.4 Å². The second kappa shape index (κ2) is 6.40. The highest BCUT2D eigenvalue weighted by Gasteiger charge is 2.29. The number of hydrogen-bond acceptors (Lipinski definition) is 1. The molecule has 0 radical (unpaired) electrons. The van der Waals surface area contributed by atoms with Crippen molar-refractivity contribution in [2.24, 2.45) is 0 Å². The van der Waals surface area contributed by atoms with Crippen LogP contribution in [0.15, 0.2) is 22.7 Å². The molecular weight excluding hydrogens is 381 g/mol. The predicted molar refractivity (Wildman–Crippen MR) is 81.6 cm³/mol. The lowest BCUT2D eigenvalue weighted by molar-refractivity contribution is 0.0599. The molecule has 1 aromatic rings. The van der Waals surface area contributed by atoms with Crippen molar-refractivity contribution in [3.05, 3.63) is 33.3 Å². The molecule has 1 aromatic carbocycles. The Balaban J connectivity index is 2.21. The maximum absolute atomic E-state index is 12.5. The quantitative estimate of drug-likeness (QED) is 0.688. The van der Waals surface area contributed by atoms with E-state index in [0.29, 0.717) is 16.6 Å². The van der Waals surface area contributed by atoms with Crippen molar-refractivity contribution in [3.8, 4) is 0 Å². The molecule has 0 spiro atoms. The van der Waals surface area contributed by atoms with Crippen molar-refractivity contribution in [2.75, 3.05) is 11.9 Å². The van der Waals surface area contributed by atoms with Crippen LogP contribution in [0.2, 0.25) is 5.02 Å². The van der Waals surface area contributed by atoms with Crippen LogP contribution in [0.25, 0.3) is 0 Å². The van der Waals surface area contributed by atoms with Gasteiger partial charge in [-0.2, -0.15) is 0 Å². The summed E-state index contributed by atoms with van der Waals surface area (Å²) in [6, 6.07) is 5.74. The number of benzene rings is 1. The summed E-state index contributed by atoms with van der Waals surface area (Å²) in [6.07, 6.45) is 3.44. The molecule has 98 valence electrons. The van der Waals surface area contributed by atoms with Gasteiger partial charge in [0.25, 0.3) is 5.91 Å². The lowest BCUT2D eigenvalue weighted by Crippen LogP contribution is -2.45. The highest BCUT2D eigenvalue weighted by molar-refractivity contribution is 9.10. The van der Waals surface area contributed by atoms with Crippen molar-refractivity contribution in [2.45, 2.75) is 25.3 Å². The standard InChI is InChI=1S/C13H14Br2ClNO/c14-4-5-17(12-2-1-3-12)13(18)9-6-10(15)8-11(16)7-9/h6-8,12H,1-5H2. The Hall–Kier alpha value is -0.0600. The van der Waals surface area contributed by atoms with E-state index in [4.69, 9.17) is 11.6 Å². The first-order valence-electron chi connectivity index (χ1n) is 5.95. The topological polar surface area (TPSA) is 20.3 Å². The van der Waals surface area contributed by atoms with E-state index < -0.39 is 0 Å². The van der Waals surface area contributed by atoms with Crippen LogP contribution in [0.1, 0.15) is 29.6 Å². The molecule has 0 unspecified atom stereocenters. The summed E-state index contributed by atoms with van der Waals surface area (Å²) in [5, 5.41) is 1.39. The Morgan fingerprint density at radius 2 is 2.11 bits per heavy atom. The van der Waals surface area contributed by atoms with Crippen molar-refractivity contribution < 1.29 is 4.79 Å². The zero-order valence-electron chi connectivity index (χ0n) is 9.83. The molecule has 0 N–H and O–H groups in total. The number of alkyl halides is 1. The molecule has 2 nitrogen and oxygen atoms in total. The average molecular weight is 396 g/mol. The van der Waals surface area contributed by atoms with Crippen molar-refractivity contribution in [1.29, 1.82) is 0 Å². The summed E-state index contributed by atoms with van der Waals surface area (Å²) >= 11 is 12.8. The average Bonchev–Trinajstić information content (AvgIpc) is 2.23. The monoisotopic (exact) mass is 393 g/mol. The molecule has 0 atom stereocenters. The summed E-state index contributed by atoms with van der Waals surface area (Å²) in [4.78, 5) is 14.5. The molecule has 1 aliphatic rings. The molecule has 1 fully saturated rings. The number of halogens is 3. The van der Waals surface area contributed by atoms with Crippen LogP contribution < -0.4 is 0 Å². The summed E-state index contributed by atoms with van der Waals surface area (Å²) in [6.45, 7) is 0.744. The number of hydrogen-bond donors (Lipinski definition) is 0. The van der Waals surface area contributed by atoms with Crippen LogP contribution in [-0.2, 0) is 0 Å². The van der Waals surface area contributed by atoms with Gasteiger partial charge in [0.1, 0.15) is 0 Å². The minimum absolute atomic E-state index is 0.0716. The van der Waals surface area contributed by atoms with Crippen LogP contribution in [0.5, 0.6) is 0 Å². The van der Waals surface area contributed by atoms with Gasteiger partial charge in [0.05, 0.1) is 0 Å². The molecule has 18 heavy (non-hydrogen) atoms. The summed E-state index contributed by atoms with van der Waals surface area (Å²) in [5.74, 6) is 0.0716. The van der Waals surface area contributed by atoms with Gasteiger partial charge in [0.2, 0.25) is 0 Å². The fourth-order valence-corrected chi connectivity index (χ4v) is 3.32. The normalized spacial score (nSPS) is 15.3. The molecular formula is C13H14Br2ClNO. The number of carbonyl (C=O) groups excluding carboxylic acids is 1. The minimum Gasteiger partial charge on any atom is -0.335 e. The third-order valence-corrected chi connectivity index (χ3v) is 4.24. The number of rotatable bonds is 4. The second-order valence-electron chi connectivity index (χ2n) is 4.43. The maximum atomic E-state index is 12.5. The fourth-order valence-electron chi connectivity index (χ4n) is 2.08. The maximum Gasteiger partial charge on any atom is 0.254 e. The van der Waals surface area contributed by atoms with Gasteiger partial charge in [-0.05, 0) is 37.5 Å². The van der Waals surface area contributed by atoms with Crippen LogP contribution in [-0.4, -0.2) is 28.7 Å². The summed E-state index contributed by atoms with van der Waals surface area (Å²) < 4.78 is 0.839. The second-order valence-corrected chi connectivity index (χ2v) is 6.58. The van der Waals surface area contributed by atoms with Gasteiger partial charge in [-0.3, -0.25) is 4.79 Å². The van der Waals surface area contributed by atoms with Crippen molar-refractivity contribution in [3.63, 3.8) is 0 Å². The lowest BCUT2D eigenvalue weighted by atomic mass is 9.91. The molecule has 1 aliphatic carbocycles. The fraction of sp³-hybridized carbons (Fsp3) is 0.462. The van der Waals surface area contributed by atoms with E-state index in [1.54, 1.807) is 12.1 Å². The highest BCUT2D eigenvalue weighted by Crippen LogP contribution is 2.27. The third-order valence-electron chi connectivity index (χ3n) is 3.21. The molecule has 1 amide bonds. The largest absolute Gasteiger partial charge is 0.335 e. The van der Waals surface area contributed by atoms with Gasteiger partial charge in [0, 0.05) is 33.0 Å². The van der Waals surface area contributed by atoms with Gasteiger partial charge in [-0.15, -0.1) is 0 Å². The SMILES string of the molecule is O=C(c1cc(Cl)cc(Br)c1)N(CCBr)C1CCC1. The van der Waals surface area contributed by atoms with Crippen molar-refractivity contribution in [1.82, 2.24) is 4.90 Å². The van der Waals surface area contributed by atoms with Crippen LogP contribution in [0, 0.1) is 0 Å². The van der Waals surface area contributed by atoms with Gasteiger partial charge in [-0.25, -0.2) is 0 Å². The van der Waals surface area contributed by atoms with E-state index in [1.807, 2.05) is 11.0 Å². The number of carbonyl (C=O) groups is 1. The van der Waals surface area contributed by atoms with E-state index >= 15 is 0 Å². The third kappa shape index (κ3) is 3.28. The van der Waals surface area contributed by atoms with Crippen LogP contribution in [0.4, 0.5) is 0 Å².